The third-order valence-corrected chi connectivity index (χ3v) is 5.97. The van der Waals surface area contributed by atoms with Crippen LogP contribution in [0.2, 0.25) is 0 Å². The molecule has 2 N–H and O–H groups in total. The Balaban J connectivity index is 0.00000300. The summed E-state index contributed by atoms with van der Waals surface area (Å²) >= 11 is 1.71. The van der Waals surface area contributed by atoms with Crippen molar-refractivity contribution in [3.8, 4) is 0 Å². The number of hydrogen-bond donors (Lipinski definition) is 2. The van der Waals surface area contributed by atoms with Crippen LogP contribution in [0.3, 0.4) is 0 Å². The molecular formula is C22H34IN5S. The topological polar surface area (TPSA) is 52.6 Å². The van der Waals surface area contributed by atoms with Gasteiger partial charge in [0.05, 0.1) is 23.3 Å². The van der Waals surface area contributed by atoms with E-state index in [9.17, 15) is 0 Å². The molecule has 0 bridgehead atoms. The molecular weight excluding hydrogens is 493 g/mol. The van der Waals surface area contributed by atoms with Crippen molar-refractivity contribution >= 4 is 41.3 Å². The summed E-state index contributed by atoms with van der Waals surface area (Å²) in [6, 6.07) is 9.29. The summed E-state index contributed by atoms with van der Waals surface area (Å²) in [5.74, 6) is 0.894. The van der Waals surface area contributed by atoms with Gasteiger partial charge in [0, 0.05) is 24.9 Å². The van der Waals surface area contributed by atoms with E-state index in [1.54, 1.807) is 11.3 Å². The van der Waals surface area contributed by atoms with E-state index >= 15 is 0 Å². The number of guanidine groups is 1. The standard InChI is InChI=1S/C22H33N5S.HI/c1-4-23-22(24-12-11-20-16-28-18(3)26-20)25-15-21(27-13-5-6-14-27)19-9-7-17(2)8-10-19;/h7-10,16,21H,4-6,11-15H2,1-3H3,(H2,23,24,25);1H. The number of nitrogens with zero attached hydrogens (tertiary/aromatic N) is 3. The first-order chi connectivity index (χ1) is 13.7. The molecule has 0 aliphatic carbocycles. The van der Waals surface area contributed by atoms with Crippen LogP contribution in [0.15, 0.2) is 34.6 Å². The number of thiazole rings is 1. The number of aromatic nitrogens is 1. The molecule has 0 spiro atoms. The molecule has 1 fully saturated rings. The van der Waals surface area contributed by atoms with E-state index in [0.29, 0.717) is 6.04 Å². The number of nitrogens with one attached hydrogen (secondary N) is 2. The van der Waals surface area contributed by atoms with E-state index < -0.39 is 0 Å². The first kappa shape index (κ1) is 24.1. The van der Waals surface area contributed by atoms with E-state index in [-0.39, 0.29) is 24.0 Å². The fraction of sp³-hybridized carbons (Fsp3) is 0.545. The number of hydrogen-bond acceptors (Lipinski definition) is 4. The largest absolute Gasteiger partial charge is 0.357 e. The SMILES string of the molecule is CCNC(=NCC(c1ccc(C)cc1)N1CCCC1)NCCc1csc(C)n1.I. The Morgan fingerprint density at radius 1 is 1.17 bits per heavy atom. The molecule has 7 heteroatoms. The van der Waals surface area contributed by atoms with E-state index in [0.717, 1.165) is 42.7 Å². The zero-order valence-corrected chi connectivity index (χ0v) is 20.9. The number of benzene rings is 1. The van der Waals surface area contributed by atoms with Crippen molar-refractivity contribution < 1.29 is 0 Å². The van der Waals surface area contributed by atoms with Gasteiger partial charge in [0.2, 0.25) is 0 Å². The average Bonchev–Trinajstić information content (AvgIpc) is 3.35. The number of halogens is 1. The van der Waals surface area contributed by atoms with Crippen LogP contribution >= 0.6 is 35.3 Å². The molecule has 1 saturated heterocycles. The molecule has 29 heavy (non-hydrogen) atoms. The quantitative estimate of drug-likeness (QED) is 0.305. The predicted molar refractivity (Wildman–Crippen MR) is 135 cm³/mol. The maximum atomic E-state index is 4.93. The van der Waals surface area contributed by atoms with Gasteiger partial charge in [-0.3, -0.25) is 9.89 Å². The van der Waals surface area contributed by atoms with Gasteiger partial charge in [-0.25, -0.2) is 4.98 Å². The average molecular weight is 528 g/mol. The van der Waals surface area contributed by atoms with Crippen LogP contribution in [0.25, 0.3) is 0 Å². The Morgan fingerprint density at radius 3 is 2.52 bits per heavy atom. The molecule has 5 nitrogen and oxygen atoms in total. The summed E-state index contributed by atoms with van der Waals surface area (Å²) in [6.07, 6.45) is 3.50. The second-order valence-corrected chi connectivity index (χ2v) is 8.49. The highest BCUT2D eigenvalue weighted by molar-refractivity contribution is 14.0. The Morgan fingerprint density at radius 2 is 1.90 bits per heavy atom. The first-order valence-corrected chi connectivity index (χ1v) is 11.3. The monoisotopic (exact) mass is 527 g/mol. The Kier molecular flexibility index (Phi) is 10.4. The smallest absolute Gasteiger partial charge is 0.191 e. The number of aryl methyl sites for hydroxylation is 2. The molecule has 1 unspecified atom stereocenters. The van der Waals surface area contributed by atoms with Gasteiger partial charge in [0.1, 0.15) is 0 Å². The predicted octanol–water partition coefficient (Wildman–Crippen LogP) is 4.31. The van der Waals surface area contributed by atoms with Crippen molar-refractivity contribution in [2.75, 3.05) is 32.7 Å². The summed E-state index contributed by atoms with van der Waals surface area (Å²) in [7, 11) is 0. The molecule has 1 aliphatic heterocycles. The van der Waals surface area contributed by atoms with Gasteiger partial charge < -0.3 is 10.6 Å². The summed E-state index contributed by atoms with van der Waals surface area (Å²) in [4.78, 5) is 12.0. The molecule has 1 aromatic heterocycles. The van der Waals surface area contributed by atoms with Crippen LogP contribution in [0.4, 0.5) is 0 Å². The summed E-state index contributed by atoms with van der Waals surface area (Å²) in [5.41, 5.74) is 3.82. The molecule has 1 atom stereocenters. The van der Waals surface area contributed by atoms with Gasteiger partial charge in [-0.15, -0.1) is 35.3 Å². The van der Waals surface area contributed by atoms with E-state index in [1.807, 2.05) is 0 Å². The van der Waals surface area contributed by atoms with Crippen molar-refractivity contribution in [3.05, 3.63) is 51.5 Å². The summed E-state index contributed by atoms with van der Waals surface area (Å²) in [6.45, 7) is 11.1. The van der Waals surface area contributed by atoms with Gasteiger partial charge >= 0.3 is 0 Å². The minimum atomic E-state index is 0. The molecule has 3 rings (SSSR count). The lowest BCUT2D eigenvalue weighted by molar-refractivity contribution is 0.251. The van der Waals surface area contributed by atoms with E-state index in [4.69, 9.17) is 4.99 Å². The van der Waals surface area contributed by atoms with Gasteiger partial charge in [0.15, 0.2) is 5.96 Å². The highest BCUT2D eigenvalue weighted by Crippen LogP contribution is 2.25. The Bertz CT molecular complexity index is 753. The molecule has 1 aromatic carbocycles. The lowest BCUT2D eigenvalue weighted by Crippen LogP contribution is -2.39. The minimum absolute atomic E-state index is 0. The fourth-order valence-electron chi connectivity index (χ4n) is 3.63. The molecule has 2 heterocycles. The second-order valence-electron chi connectivity index (χ2n) is 7.42. The van der Waals surface area contributed by atoms with Crippen molar-refractivity contribution in [1.29, 1.82) is 0 Å². The number of rotatable bonds is 8. The maximum Gasteiger partial charge on any atom is 0.191 e. The van der Waals surface area contributed by atoms with E-state index in [1.165, 1.54) is 37.1 Å². The van der Waals surface area contributed by atoms with Crippen LogP contribution in [0, 0.1) is 13.8 Å². The van der Waals surface area contributed by atoms with Crippen LogP contribution in [-0.2, 0) is 6.42 Å². The highest BCUT2D eigenvalue weighted by Gasteiger charge is 2.23. The van der Waals surface area contributed by atoms with Crippen molar-refractivity contribution in [3.63, 3.8) is 0 Å². The third-order valence-electron chi connectivity index (χ3n) is 5.15. The Hall–Kier alpha value is -1.19. The Labute approximate surface area is 196 Å². The van der Waals surface area contributed by atoms with Crippen LogP contribution in [0.5, 0.6) is 0 Å². The molecule has 0 saturated carbocycles. The van der Waals surface area contributed by atoms with Crippen LogP contribution < -0.4 is 10.6 Å². The van der Waals surface area contributed by atoms with Crippen LogP contribution in [-0.4, -0.2) is 48.6 Å². The van der Waals surface area contributed by atoms with Crippen LogP contribution in [0.1, 0.15) is 47.6 Å². The van der Waals surface area contributed by atoms with Gasteiger partial charge in [-0.05, 0) is 52.3 Å². The van der Waals surface area contributed by atoms with Gasteiger partial charge in [-0.2, -0.15) is 0 Å². The normalized spacial score (nSPS) is 15.8. The van der Waals surface area contributed by atoms with E-state index in [2.05, 4.69) is 70.9 Å². The zero-order valence-electron chi connectivity index (χ0n) is 17.8. The van der Waals surface area contributed by atoms with Gasteiger partial charge in [-0.1, -0.05) is 29.8 Å². The lowest BCUT2D eigenvalue weighted by atomic mass is 10.0. The number of aliphatic imine (C=N–C) groups is 1. The zero-order chi connectivity index (χ0) is 19.8. The van der Waals surface area contributed by atoms with Crippen molar-refractivity contribution in [2.45, 2.75) is 46.1 Å². The molecule has 0 amide bonds. The second kappa shape index (κ2) is 12.5. The highest BCUT2D eigenvalue weighted by atomic mass is 127. The van der Waals surface area contributed by atoms with Crippen molar-refractivity contribution in [1.82, 2.24) is 20.5 Å². The van der Waals surface area contributed by atoms with Gasteiger partial charge in [0.25, 0.3) is 0 Å². The molecule has 160 valence electrons. The molecule has 1 aliphatic rings. The summed E-state index contributed by atoms with van der Waals surface area (Å²) < 4.78 is 0. The minimum Gasteiger partial charge on any atom is -0.357 e. The van der Waals surface area contributed by atoms with Crippen molar-refractivity contribution in [2.24, 2.45) is 4.99 Å². The number of likely N-dealkylation sites (tertiary alicyclic amines) is 1. The maximum absolute atomic E-state index is 4.93. The molecule has 2 aromatic rings. The lowest BCUT2D eigenvalue weighted by Gasteiger charge is -2.27. The molecule has 0 radical (unpaired) electrons. The third kappa shape index (κ3) is 7.53. The summed E-state index contributed by atoms with van der Waals surface area (Å²) in [5, 5.41) is 10.1. The first-order valence-electron chi connectivity index (χ1n) is 10.4. The fourth-order valence-corrected chi connectivity index (χ4v) is 4.27.